The van der Waals surface area contributed by atoms with Crippen molar-refractivity contribution >= 4 is 34.8 Å². The van der Waals surface area contributed by atoms with Gasteiger partial charge in [-0.3, -0.25) is 0 Å². The van der Waals surface area contributed by atoms with E-state index in [1.54, 1.807) is 18.2 Å². The number of hydrogen-bond acceptors (Lipinski definition) is 2. The van der Waals surface area contributed by atoms with Crippen molar-refractivity contribution in [1.82, 2.24) is 5.32 Å². The number of hydrogen-bond donors (Lipinski definition) is 1. The minimum atomic E-state index is 0.0305. The van der Waals surface area contributed by atoms with Crippen LogP contribution in [-0.2, 0) is 6.54 Å². The third-order valence-electron chi connectivity index (χ3n) is 3.23. The van der Waals surface area contributed by atoms with Gasteiger partial charge in [0, 0.05) is 12.6 Å². The summed E-state index contributed by atoms with van der Waals surface area (Å²) in [5.74, 6) is 0. The number of nitriles is 1. The fourth-order valence-corrected chi connectivity index (χ4v) is 2.66. The smallest absolute Gasteiger partial charge is 0.0991 e. The summed E-state index contributed by atoms with van der Waals surface area (Å²) < 4.78 is 0. The van der Waals surface area contributed by atoms with Crippen molar-refractivity contribution in [2.24, 2.45) is 0 Å². The van der Waals surface area contributed by atoms with Crippen LogP contribution in [0.2, 0.25) is 15.1 Å². The van der Waals surface area contributed by atoms with Crippen LogP contribution in [0.4, 0.5) is 0 Å². The molecule has 0 heterocycles. The quantitative estimate of drug-likeness (QED) is 0.760. The number of benzene rings is 2. The Labute approximate surface area is 139 Å². The summed E-state index contributed by atoms with van der Waals surface area (Å²) in [7, 11) is 0. The maximum absolute atomic E-state index is 8.77. The van der Waals surface area contributed by atoms with Gasteiger partial charge >= 0.3 is 0 Å². The Bertz CT molecular complexity index is 675. The molecule has 0 spiro atoms. The largest absolute Gasteiger partial charge is 0.306 e. The lowest BCUT2D eigenvalue weighted by Crippen LogP contribution is -2.18. The van der Waals surface area contributed by atoms with Gasteiger partial charge in [-0.15, -0.1) is 0 Å². The van der Waals surface area contributed by atoms with Crippen molar-refractivity contribution in [3.8, 4) is 6.07 Å². The molecule has 0 saturated heterocycles. The van der Waals surface area contributed by atoms with E-state index in [-0.39, 0.29) is 6.04 Å². The second-order valence-corrected chi connectivity index (χ2v) is 5.84. The van der Waals surface area contributed by atoms with E-state index in [2.05, 4.69) is 11.4 Å². The Kier molecular flexibility index (Phi) is 5.50. The van der Waals surface area contributed by atoms with Gasteiger partial charge in [-0.25, -0.2) is 0 Å². The van der Waals surface area contributed by atoms with Gasteiger partial charge in [0.25, 0.3) is 0 Å². The van der Waals surface area contributed by atoms with Gasteiger partial charge in [-0.05, 0) is 36.2 Å². The Morgan fingerprint density at radius 1 is 1.05 bits per heavy atom. The maximum Gasteiger partial charge on any atom is 0.0991 e. The van der Waals surface area contributed by atoms with E-state index in [4.69, 9.17) is 40.1 Å². The average molecular weight is 340 g/mol. The van der Waals surface area contributed by atoms with E-state index < -0.39 is 0 Å². The van der Waals surface area contributed by atoms with Crippen LogP contribution in [0.25, 0.3) is 0 Å². The summed E-state index contributed by atoms with van der Waals surface area (Å²) in [6.07, 6.45) is 0. The molecule has 0 bridgehead atoms. The molecular weight excluding hydrogens is 327 g/mol. The van der Waals surface area contributed by atoms with Crippen LogP contribution < -0.4 is 5.32 Å². The Morgan fingerprint density at radius 3 is 2.33 bits per heavy atom. The van der Waals surface area contributed by atoms with Gasteiger partial charge < -0.3 is 5.32 Å². The third-order valence-corrected chi connectivity index (χ3v) is 4.54. The molecule has 0 aromatic heterocycles. The molecule has 0 aliphatic carbocycles. The summed E-state index contributed by atoms with van der Waals surface area (Å²) in [5, 5.41) is 13.4. The van der Waals surface area contributed by atoms with E-state index >= 15 is 0 Å². The first-order valence-electron chi connectivity index (χ1n) is 6.38. The highest BCUT2D eigenvalue weighted by atomic mass is 35.5. The predicted octanol–water partition coefficient (Wildman–Crippen LogP) is 5.37. The second-order valence-electron chi connectivity index (χ2n) is 4.68. The van der Waals surface area contributed by atoms with Crippen LogP contribution >= 0.6 is 34.8 Å². The molecule has 2 rings (SSSR count). The van der Waals surface area contributed by atoms with Gasteiger partial charge in [-0.1, -0.05) is 53.0 Å². The van der Waals surface area contributed by atoms with Gasteiger partial charge in [0.05, 0.1) is 26.7 Å². The van der Waals surface area contributed by atoms with Crippen molar-refractivity contribution in [3.63, 3.8) is 0 Å². The monoisotopic (exact) mass is 338 g/mol. The minimum Gasteiger partial charge on any atom is -0.306 e. The molecule has 0 radical (unpaired) electrons. The summed E-state index contributed by atoms with van der Waals surface area (Å²) >= 11 is 18.2. The molecule has 1 N–H and O–H groups in total. The fourth-order valence-electron chi connectivity index (χ4n) is 1.95. The number of nitrogens with one attached hydrogen (secondary N) is 1. The molecule has 0 saturated carbocycles. The van der Waals surface area contributed by atoms with E-state index in [0.29, 0.717) is 27.2 Å². The third kappa shape index (κ3) is 3.90. The normalized spacial score (nSPS) is 12.0. The molecule has 108 valence electrons. The van der Waals surface area contributed by atoms with Gasteiger partial charge in [0.15, 0.2) is 0 Å². The molecule has 1 atom stereocenters. The van der Waals surface area contributed by atoms with Crippen LogP contribution in [0.3, 0.4) is 0 Å². The van der Waals surface area contributed by atoms with Crippen LogP contribution in [0.15, 0.2) is 36.4 Å². The number of halogens is 3. The molecule has 2 nitrogen and oxygen atoms in total. The minimum absolute atomic E-state index is 0.0305. The molecule has 0 fully saturated rings. The standard InChI is InChI=1S/C16H13Cl3N2/c1-10(13-6-7-14(17)16(19)15(13)18)21-9-12-4-2-11(8-20)3-5-12/h2-7,10,21H,9H2,1H3. The van der Waals surface area contributed by atoms with Crippen molar-refractivity contribution in [2.45, 2.75) is 19.5 Å². The number of nitrogens with zero attached hydrogens (tertiary/aromatic N) is 1. The lowest BCUT2D eigenvalue weighted by Gasteiger charge is -2.17. The van der Waals surface area contributed by atoms with E-state index in [9.17, 15) is 0 Å². The van der Waals surface area contributed by atoms with E-state index in [1.807, 2.05) is 25.1 Å². The molecule has 1 unspecified atom stereocenters. The highest BCUT2D eigenvalue weighted by Gasteiger charge is 2.14. The topological polar surface area (TPSA) is 35.8 Å². The zero-order valence-electron chi connectivity index (χ0n) is 11.3. The second kappa shape index (κ2) is 7.15. The molecule has 21 heavy (non-hydrogen) atoms. The van der Waals surface area contributed by atoms with Crippen molar-refractivity contribution in [3.05, 3.63) is 68.2 Å². The summed E-state index contributed by atoms with van der Waals surface area (Å²) in [6.45, 7) is 2.68. The van der Waals surface area contributed by atoms with E-state index in [1.165, 1.54) is 0 Å². The van der Waals surface area contributed by atoms with Crippen molar-refractivity contribution in [1.29, 1.82) is 5.26 Å². The van der Waals surface area contributed by atoms with Crippen LogP contribution in [0, 0.1) is 11.3 Å². The fraction of sp³-hybridized carbons (Fsp3) is 0.188. The van der Waals surface area contributed by atoms with Crippen molar-refractivity contribution in [2.75, 3.05) is 0 Å². The summed E-state index contributed by atoms with van der Waals surface area (Å²) in [4.78, 5) is 0. The average Bonchev–Trinajstić information content (AvgIpc) is 2.51. The van der Waals surface area contributed by atoms with Crippen LogP contribution in [0.1, 0.15) is 29.7 Å². The zero-order chi connectivity index (χ0) is 15.4. The zero-order valence-corrected chi connectivity index (χ0v) is 13.6. The van der Waals surface area contributed by atoms with Crippen LogP contribution in [-0.4, -0.2) is 0 Å². The molecule has 0 amide bonds. The molecule has 2 aromatic carbocycles. The highest BCUT2D eigenvalue weighted by Crippen LogP contribution is 2.35. The Hall–Kier alpha value is -1.24. The maximum atomic E-state index is 8.77. The lowest BCUT2D eigenvalue weighted by molar-refractivity contribution is 0.575. The SMILES string of the molecule is CC(NCc1ccc(C#N)cc1)c1ccc(Cl)c(Cl)c1Cl. The summed E-state index contributed by atoms with van der Waals surface area (Å²) in [5.41, 5.74) is 2.65. The first kappa shape index (κ1) is 16.1. The lowest BCUT2D eigenvalue weighted by atomic mass is 10.1. The molecule has 0 aliphatic rings. The Balaban J connectivity index is 2.06. The highest BCUT2D eigenvalue weighted by molar-refractivity contribution is 6.48. The van der Waals surface area contributed by atoms with Crippen molar-refractivity contribution < 1.29 is 0 Å². The predicted molar refractivity (Wildman–Crippen MR) is 87.9 cm³/mol. The molecular formula is C16H13Cl3N2. The van der Waals surface area contributed by atoms with Crippen LogP contribution in [0.5, 0.6) is 0 Å². The van der Waals surface area contributed by atoms with Gasteiger partial charge in [-0.2, -0.15) is 5.26 Å². The van der Waals surface area contributed by atoms with E-state index in [0.717, 1.165) is 11.1 Å². The summed E-state index contributed by atoms with van der Waals surface area (Å²) in [6, 6.07) is 13.2. The first-order valence-corrected chi connectivity index (χ1v) is 7.52. The Morgan fingerprint density at radius 2 is 1.71 bits per heavy atom. The van der Waals surface area contributed by atoms with Gasteiger partial charge in [0.2, 0.25) is 0 Å². The molecule has 2 aromatic rings. The first-order chi connectivity index (χ1) is 10.0. The molecule has 0 aliphatic heterocycles. The molecule has 5 heteroatoms. The number of rotatable bonds is 4. The van der Waals surface area contributed by atoms with Gasteiger partial charge in [0.1, 0.15) is 0 Å².